The van der Waals surface area contributed by atoms with Gasteiger partial charge in [0.1, 0.15) is 42.1 Å². The Labute approximate surface area is 193 Å². The molecule has 5 atom stereocenters. The maximum absolute atomic E-state index is 11.8. The molecule has 1 fully saturated rings. The second kappa shape index (κ2) is 11.8. The van der Waals surface area contributed by atoms with Gasteiger partial charge in [-0.25, -0.2) is 0 Å². The summed E-state index contributed by atoms with van der Waals surface area (Å²) in [7, 11) is 1.47. The van der Waals surface area contributed by atoms with Crippen molar-refractivity contribution in [1.29, 1.82) is 0 Å². The van der Waals surface area contributed by atoms with Crippen molar-refractivity contribution in [3.05, 3.63) is 33.7 Å². The molecule has 0 aliphatic carbocycles. The van der Waals surface area contributed by atoms with Gasteiger partial charge in [-0.05, 0) is 23.7 Å². The van der Waals surface area contributed by atoms with E-state index in [-0.39, 0.29) is 6.61 Å². The lowest BCUT2D eigenvalue weighted by atomic mass is 9.97. The van der Waals surface area contributed by atoms with Gasteiger partial charge < -0.3 is 23.7 Å². The smallest absolute Gasteiger partial charge is 0.303 e. The molecule has 0 N–H and O–H groups in total. The Bertz CT molecular complexity index is 911. The number of hydrogen-bond donors (Lipinski definition) is 0. The molecule has 0 radical (unpaired) electrons. The summed E-state index contributed by atoms with van der Waals surface area (Å²) in [4.78, 5) is 38.2. The average Bonchev–Trinajstić information content (AvgIpc) is 2.70. The molecular weight excluding hydrogens is 466 g/mol. The number of azide groups is 1. The van der Waals surface area contributed by atoms with Gasteiger partial charge in [-0.3, -0.25) is 14.4 Å². The molecule has 1 heterocycles. The Morgan fingerprint density at radius 3 is 2.38 bits per heavy atom. The van der Waals surface area contributed by atoms with Crippen LogP contribution in [0.5, 0.6) is 5.75 Å². The number of esters is 3. The number of carbonyl (C=O) groups is 3. The highest BCUT2D eigenvalue weighted by molar-refractivity contribution is 8.00. The molecule has 0 amide bonds. The molecule has 1 aromatic carbocycles. The minimum Gasteiger partial charge on any atom is -0.496 e. The van der Waals surface area contributed by atoms with Crippen LogP contribution in [0.4, 0.5) is 0 Å². The number of ether oxygens (including phenoxy) is 5. The zero-order valence-electron chi connectivity index (χ0n) is 17.7. The van der Waals surface area contributed by atoms with Crippen LogP contribution in [0, 0.1) is 0 Å². The number of nitrogens with zero attached hydrogens (tertiary/aromatic N) is 3. The van der Waals surface area contributed by atoms with Crippen molar-refractivity contribution < 1.29 is 38.1 Å². The summed E-state index contributed by atoms with van der Waals surface area (Å²) < 4.78 is 27.1. The van der Waals surface area contributed by atoms with E-state index in [1.54, 1.807) is 18.2 Å². The van der Waals surface area contributed by atoms with E-state index in [1.807, 2.05) is 0 Å². The average molecular weight is 488 g/mol. The molecule has 0 bridgehead atoms. The minimum atomic E-state index is -1.18. The molecule has 1 aliphatic rings. The SMILES string of the molecule is COc1ccc(Cl)cc1S[C@H]1OC(COC(C)=O)[C@H](OC(C)=O)C(N=[N+]=[N-])C1OC(C)=O. The molecule has 11 nitrogen and oxygen atoms in total. The first-order valence-corrected chi connectivity index (χ1v) is 10.6. The van der Waals surface area contributed by atoms with Crippen molar-refractivity contribution in [3.8, 4) is 5.75 Å². The van der Waals surface area contributed by atoms with Gasteiger partial charge in [-0.1, -0.05) is 28.5 Å². The van der Waals surface area contributed by atoms with E-state index in [2.05, 4.69) is 10.0 Å². The van der Waals surface area contributed by atoms with Gasteiger partial charge in [0.25, 0.3) is 0 Å². The van der Waals surface area contributed by atoms with Crippen LogP contribution in [-0.2, 0) is 33.3 Å². The van der Waals surface area contributed by atoms with Crippen molar-refractivity contribution in [2.45, 2.75) is 55.5 Å². The third-order valence-corrected chi connectivity index (χ3v) is 5.65. The molecule has 1 aliphatic heterocycles. The van der Waals surface area contributed by atoms with Crippen molar-refractivity contribution in [2.24, 2.45) is 5.11 Å². The number of hydrogen-bond acceptors (Lipinski definition) is 10. The standard InChI is InChI=1S/C19H22ClN3O8S/c1-9(24)28-8-14-17(29-10(2)25)16(22-23-21)18(30-11(3)26)19(31-14)32-15-7-12(20)5-6-13(15)27-4/h5-7,14,16-19H,8H2,1-4H3/t14?,16?,17-,18?,19+/m0/s1. The molecule has 0 spiro atoms. The molecule has 1 saturated heterocycles. The molecule has 32 heavy (non-hydrogen) atoms. The van der Waals surface area contributed by atoms with Crippen LogP contribution in [0.15, 0.2) is 28.2 Å². The highest BCUT2D eigenvalue weighted by atomic mass is 35.5. The predicted molar refractivity (Wildman–Crippen MR) is 113 cm³/mol. The van der Waals surface area contributed by atoms with Crippen LogP contribution in [-0.4, -0.2) is 61.4 Å². The molecule has 0 aromatic heterocycles. The quantitative estimate of drug-likeness (QED) is 0.177. The maximum atomic E-state index is 11.8. The van der Waals surface area contributed by atoms with Gasteiger partial charge in [0.15, 0.2) is 0 Å². The van der Waals surface area contributed by atoms with Crippen molar-refractivity contribution in [3.63, 3.8) is 0 Å². The maximum Gasteiger partial charge on any atom is 0.303 e. The van der Waals surface area contributed by atoms with E-state index >= 15 is 0 Å². The lowest BCUT2D eigenvalue weighted by molar-refractivity contribution is -0.201. The van der Waals surface area contributed by atoms with Gasteiger partial charge in [-0.2, -0.15) is 0 Å². The molecule has 3 unspecified atom stereocenters. The zero-order chi connectivity index (χ0) is 23.8. The lowest BCUT2D eigenvalue weighted by Gasteiger charge is -2.43. The van der Waals surface area contributed by atoms with Gasteiger partial charge in [0.05, 0.1) is 12.0 Å². The van der Waals surface area contributed by atoms with Crippen LogP contribution in [0.1, 0.15) is 20.8 Å². The molecule has 0 saturated carbocycles. The Morgan fingerprint density at radius 1 is 1.16 bits per heavy atom. The largest absolute Gasteiger partial charge is 0.496 e. The van der Waals surface area contributed by atoms with Crippen LogP contribution < -0.4 is 4.74 Å². The topological polar surface area (TPSA) is 146 Å². The van der Waals surface area contributed by atoms with Crippen LogP contribution in [0.25, 0.3) is 10.4 Å². The van der Waals surface area contributed by atoms with Crippen LogP contribution in [0.2, 0.25) is 5.02 Å². The first kappa shape index (κ1) is 25.6. The molecule has 174 valence electrons. The van der Waals surface area contributed by atoms with Gasteiger partial charge in [0, 0.05) is 30.7 Å². The van der Waals surface area contributed by atoms with Crippen molar-refractivity contribution >= 4 is 41.3 Å². The van der Waals surface area contributed by atoms with E-state index in [0.29, 0.717) is 15.7 Å². The summed E-state index contributed by atoms with van der Waals surface area (Å²) in [5.41, 5.74) is 8.18. The monoisotopic (exact) mass is 487 g/mol. The number of halogens is 1. The highest BCUT2D eigenvalue weighted by Gasteiger charge is 2.50. The van der Waals surface area contributed by atoms with E-state index in [1.165, 1.54) is 21.0 Å². The minimum absolute atomic E-state index is 0.290. The normalized spacial score (nSPS) is 24.6. The Kier molecular flexibility index (Phi) is 9.45. The van der Waals surface area contributed by atoms with E-state index in [9.17, 15) is 14.4 Å². The number of benzene rings is 1. The zero-order valence-corrected chi connectivity index (χ0v) is 19.3. The molecule has 13 heteroatoms. The summed E-state index contributed by atoms with van der Waals surface area (Å²) >= 11 is 7.20. The summed E-state index contributed by atoms with van der Waals surface area (Å²) in [5, 5.41) is 4.14. The molecular formula is C19H22ClN3O8S. The predicted octanol–water partition coefficient (Wildman–Crippen LogP) is 3.27. The summed E-state index contributed by atoms with van der Waals surface area (Å²) in [6.07, 6.45) is -3.33. The number of methoxy groups -OCH3 is 1. The van der Waals surface area contributed by atoms with Crippen molar-refractivity contribution in [2.75, 3.05) is 13.7 Å². The fourth-order valence-corrected chi connectivity index (χ4v) is 4.53. The Hall–Kier alpha value is -2.66. The number of rotatable bonds is 8. The Balaban J connectivity index is 2.50. The molecule has 2 rings (SSSR count). The third kappa shape index (κ3) is 6.92. The van der Waals surface area contributed by atoms with Crippen LogP contribution >= 0.6 is 23.4 Å². The highest BCUT2D eigenvalue weighted by Crippen LogP contribution is 2.41. The molecule has 1 aromatic rings. The lowest BCUT2D eigenvalue weighted by Crippen LogP contribution is -2.59. The second-order valence-corrected chi connectivity index (χ2v) is 8.18. The first-order valence-electron chi connectivity index (χ1n) is 9.34. The second-order valence-electron chi connectivity index (χ2n) is 6.60. The van der Waals surface area contributed by atoms with E-state index < -0.39 is 47.7 Å². The van der Waals surface area contributed by atoms with Crippen molar-refractivity contribution in [1.82, 2.24) is 0 Å². The summed E-state index contributed by atoms with van der Waals surface area (Å²) in [6.45, 7) is 3.26. The number of carbonyl (C=O) groups excluding carboxylic acids is 3. The van der Waals surface area contributed by atoms with E-state index in [4.69, 9.17) is 40.8 Å². The first-order chi connectivity index (χ1) is 15.2. The fourth-order valence-electron chi connectivity index (χ4n) is 3.04. The Morgan fingerprint density at radius 2 is 1.81 bits per heavy atom. The fraction of sp³-hybridized carbons (Fsp3) is 0.526. The summed E-state index contributed by atoms with van der Waals surface area (Å²) in [5.74, 6) is -1.46. The number of thioether (sulfide) groups is 1. The van der Waals surface area contributed by atoms with Crippen LogP contribution in [0.3, 0.4) is 0 Å². The van der Waals surface area contributed by atoms with Gasteiger partial charge >= 0.3 is 17.9 Å². The van der Waals surface area contributed by atoms with E-state index in [0.717, 1.165) is 18.7 Å². The third-order valence-electron chi connectivity index (χ3n) is 4.23. The summed E-state index contributed by atoms with van der Waals surface area (Å²) in [6, 6.07) is 3.75. The van der Waals surface area contributed by atoms with Gasteiger partial charge in [-0.15, -0.1) is 0 Å². The van der Waals surface area contributed by atoms with Gasteiger partial charge in [0.2, 0.25) is 0 Å².